The third-order valence-electron chi connectivity index (χ3n) is 5.92. The second-order valence-corrected chi connectivity index (χ2v) is 9.02. The molecule has 10 nitrogen and oxygen atoms in total. The highest BCUT2D eigenvalue weighted by molar-refractivity contribution is 6.38. The summed E-state index contributed by atoms with van der Waals surface area (Å²) in [7, 11) is 0. The van der Waals surface area contributed by atoms with Crippen molar-refractivity contribution in [2.75, 3.05) is 18.4 Å². The van der Waals surface area contributed by atoms with Gasteiger partial charge in [0.15, 0.2) is 6.10 Å². The van der Waals surface area contributed by atoms with E-state index in [9.17, 15) is 18.4 Å². The molecule has 1 aliphatic carbocycles. The summed E-state index contributed by atoms with van der Waals surface area (Å²) < 4.78 is 35.4. The number of piperidine rings is 1. The van der Waals surface area contributed by atoms with E-state index in [2.05, 4.69) is 20.3 Å². The van der Waals surface area contributed by atoms with Crippen molar-refractivity contribution in [3.63, 3.8) is 0 Å². The average molecular weight is 500 g/mol. The number of anilines is 1. The molecule has 1 aliphatic heterocycles. The maximum absolute atomic E-state index is 14.9. The molecule has 1 aromatic carbocycles. The van der Waals surface area contributed by atoms with Gasteiger partial charge in [0, 0.05) is 30.5 Å². The second kappa shape index (κ2) is 9.96. The van der Waals surface area contributed by atoms with Crippen molar-refractivity contribution < 1.29 is 23.1 Å². The molecular formula is C24H27F2N7O3. The van der Waals surface area contributed by atoms with Gasteiger partial charge in [-0.15, -0.1) is 0 Å². The summed E-state index contributed by atoms with van der Waals surface area (Å²) in [5, 5.41) is 10.4. The van der Waals surface area contributed by atoms with Crippen molar-refractivity contribution in [2.45, 2.75) is 45.1 Å². The summed E-state index contributed by atoms with van der Waals surface area (Å²) in [4.78, 5) is 37.0. The number of nitrogens with one attached hydrogen (secondary N) is 2. The number of aromatic nitrogens is 2. The van der Waals surface area contributed by atoms with Crippen LogP contribution in [0.4, 0.5) is 14.6 Å². The molecular weight excluding hydrogens is 472 g/mol. The van der Waals surface area contributed by atoms with Crippen LogP contribution in [0.15, 0.2) is 35.6 Å². The van der Waals surface area contributed by atoms with Crippen LogP contribution in [0.1, 0.15) is 31.7 Å². The zero-order chi connectivity index (χ0) is 26.0. The minimum absolute atomic E-state index is 0.00143. The molecule has 0 bridgehead atoms. The molecule has 12 heteroatoms. The fourth-order valence-electron chi connectivity index (χ4n) is 3.86. The Bertz CT molecular complexity index is 1230. The summed E-state index contributed by atoms with van der Waals surface area (Å²) >= 11 is 0. The molecule has 4 rings (SSSR count). The van der Waals surface area contributed by atoms with Crippen molar-refractivity contribution in [1.82, 2.24) is 14.9 Å². The Hall–Kier alpha value is -3.96. The van der Waals surface area contributed by atoms with E-state index in [-0.39, 0.29) is 36.4 Å². The number of aryl methyl sites for hydroxylation is 1. The van der Waals surface area contributed by atoms with E-state index in [1.54, 1.807) is 31.2 Å². The Balaban J connectivity index is 1.43. The number of benzene rings is 1. The van der Waals surface area contributed by atoms with Crippen molar-refractivity contribution in [3.05, 3.63) is 36.2 Å². The quantitative estimate of drug-likeness (QED) is 0.426. The zero-order valence-electron chi connectivity index (χ0n) is 19.9. The van der Waals surface area contributed by atoms with Crippen LogP contribution in [-0.4, -0.2) is 63.5 Å². The van der Waals surface area contributed by atoms with Crippen LogP contribution in [0, 0.1) is 18.3 Å². The van der Waals surface area contributed by atoms with Crippen molar-refractivity contribution in [2.24, 2.45) is 16.6 Å². The van der Waals surface area contributed by atoms with Crippen LogP contribution in [0.25, 0.3) is 11.3 Å². The number of likely N-dealkylation sites (tertiary alicyclic amines) is 1. The van der Waals surface area contributed by atoms with Gasteiger partial charge in [-0.25, -0.2) is 23.7 Å². The summed E-state index contributed by atoms with van der Waals surface area (Å²) in [6.07, 6.45) is 1.56. The number of rotatable bonds is 5. The number of nitrogens with two attached hydrogens (primary N) is 1. The second-order valence-electron chi connectivity index (χ2n) is 9.02. The number of aliphatic imine (C=N–C) groups is 1. The molecule has 2 amide bonds. The number of carbonyl (C=O) groups is 2. The van der Waals surface area contributed by atoms with Gasteiger partial charge in [0.25, 0.3) is 5.91 Å². The van der Waals surface area contributed by atoms with E-state index < -0.39 is 30.3 Å². The molecule has 2 aromatic rings. The van der Waals surface area contributed by atoms with E-state index >= 15 is 0 Å². The highest BCUT2D eigenvalue weighted by Crippen LogP contribution is 2.34. The molecule has 1 aromatic heterocycles. The highest BCUT2D eigenvalue weighted by atomic mass is 19.3. The van der Waals surface area contributed by atoms with Gasteiger partial charge in [-0.3, -0.25) is 15.0 Å². The van der Waals surface area contributed by atoms with Crippen LogP contribution in [-0.2, 0) is 9.59 Å². The highest BCUT2D eigenvalue weighted by Gasteiger charge is 2.48. The largest absolute Gasteiger partial charge is 0.484 e. The Morgan fingerprint density at radius 2 is 2.00 bits per heavy atom. The predicted molar refractivity (Wildman–Crippen MR) is 129 cm³/mol. The first-order valence-corrected chi connectivity index (χ1v) is 11.5. The van der Waals surface area contributed by atoms with Gasteiger partial charge in [0.05, 0.1) is 18.1 Å². The minimum Gasteiger partial charge on any atom is -0.484 e. The van der Waals surface area contributed by atoms with Gasteiger partial charge >= 0.3 is 5.92 Å². The minimum atomic E-state index is -3.33. The number of nitrogens with zero attached hydrogens (tertiary/aromatic N) is 4. The Morgan fingerprint density at radius 3 is 2.64 bits per heavy atom. The summed E-state index contributed by atoms with van der Waals surface area (Å²) in [6.45, 7) is 2.25. The molecule has 0 radical (unpaired) electrons. The molecule has 2 heterocycles. The van der Waals surface area contributed by atoms with Crippen molar-refractivity contribution in [3.8, 4) is 17.0 Å². The van der Waals surface area contributed by atoms with Gasteiger partial charge in [-0.05, 0) is 50.5 Å². The molecule has 0 unspecified atom stereocenters. The Morgan fingerprint density at radius 1 is 1.25 bits per heavy atom. The van der Waals surface area contributed by atoms with Gasteiger partial charge in [0.2, 0.25) is 11.7 Å². The Kier molecular flexibility index (Phi) is 6.95. The third kappa shape index (κ3) is 5.81. The number of amides is 2. The van der Waals surface area contributed by atoms with Crippen molar-refractivity contribution >= 4 is 29.3 Å². The van der Waals surface area contributed by atoms with Gasteiger partial charge < -0.3 is 20.7 Å². The maximum Gasteiger partial charge on any atom is 0.301 e. The topological polar surface area (TPSA) is 147 Å². The lowest BCUT2D eigenvalue weighted by atomic mass is 10.0. The molecule has 2 aliphatic rings. The molecule has 4 N–H and O–H groups in total. The monoisotopic (exact) mass is 499 g/mol. The van der Waals surface area contributed by atoms with E-state index in [1.807, 2.05) is 0 Å². The number of hydrogen-bond acceptors (Lipinski definition) is 6. The molecule has 0 spiro atoms. The molecule has 1 saturated carbocycles. The lowest BCUT2D eigenvalue weighted by Crippen LogP contribution is -2.56. The summed E-state index contributed by atoms with van der Waals surface area (Å²) in [5.41, 5.74) is 7.28. The van der Waals surface area contributed by atoms with Crippen molar-refractivity contribution in [1.29, 1.82) is 5.41 Å². The number of halogens is 2. The maximum atomic E-state index is 14.9. The Labute approximate surface area is 206 Å². The molecule has 2 fully saturated rings. The first-order chi connectivity index (χ1) is 17.0. The van der Waals surface area contributed by atoms with Gasteiger partial charge in [-0.1, -0.05) is 0 Å². The van der Waals surface area contributed by atoms with Crippen LogP contribution in [0.3, 0.4) is 0 Å². The van der Waals surface area contributed by atoms with E-state index in [1.165, 1.54) is 13.3 Å². The van der Waals surface area contributed by atoms with Gasteiger partial charge in [-0.2, -0.15) is 0 Å². The lowest BCUT2D eigenvalue weighted by Gasteiger charge is -2.38. The fourth-order valence-corrected chi connectivity index (χ4v) is 3.86. The van der Waals surface area contributed by atoms with E-state index in [0.29, 0.717) is 22.6 Å². The van der Waals surface area contributed by atoms with Crippen LogP contribution < -0.4 is 15.8 Å². The third-order valence-corrected chi connectivity index (χ3v) is 5.92. The van der Waals surface area contributed by atoms with Crippen LogP contribution in [0.2, 0.25) is 0 Å². The standard InChI is InChI=1S/C24H27F2N7O3/c1-13-9-16(17-10-20(30-12-29-17)32-22(34)15-3-4-15)5-6-18(13)36-19-7-8-33(11-24(19,25)26)23(35)21(28)31-14(2)27/h5-6,9-10,12,15,19H,3-4,7-8,11H2,1-2H3,(H3,27,28,31)(H,29,30,32,34)/t19-/m0/s1. The predicted octanol–water partition coefficient (Wildman–Crippen LogP) is 2.77. The number of carbonyl (C=O) groups excluding carboxylic acids is 2. The zero-order valence-corrected chi connectivity index (χ0v) is 19.9. The van der Waals surface area contributed by atoms with Gasteiger partial charge in [0.1, 0.15) is 17.9 Å². The van der Waals surface area contributed by atoms with Crippen LogP contribution in [0.5, 0.6) is 5.75 Å². The molecule has 190 valence electrons. The SMILES string of the molecule is CC(N)=NC(=N)C(=O)N1CC[C@H](Oc2ccc(-c3cc(NC(=O)C4CC4)ncn3)cc2C)C(F)(F)C1. The number of alkyl halides is 2. The fraction of sp³-hybridized carbons (Fsp3) is 0.417. The smallest absolute Gasteiger partial charge is 0.301 e. The molecule has 1 atom stereocenters. The van der Waals surface area contributed by atoms with E-state index in [4.69, 9.17) is 15.9 Å². The summed E-state index contributed by atoms with van der Waals surface area (Å²) in [5.74, 6) is -4.26. The summed E-state index contributed by atoms with van der Waals surface area (Å²) in [6, 6.07) is 6.71. The first-order valence-electron chi connectivity index (χ1n) is 11.5. The average Bonchev–Trinajstić information content (AvgIpc) is 3.66. The number of ether oxygens (including phenoxy) is 1. The lowest BCUT2D eigenvalue weighted by molar-refractivity contribution is -0.155. The van der Waals surface area contributed by atoms with Crippen LogP contribution >= 0.6 is 0 Å². The molecule has 1 saturated heterocycles. The molecule has 36 heavy (non-hydrogen) atoms. The number of amidine groups is 2. The number of hydrogen-bond donors (Lipinski definition) is 3. The van der Waals surface area contributed by atoms with E-state index in [0.717, 1.165) is 17.7 Å². The first kappa shape index (κ1) is 25.1. The normalized spacial score (nSPS) is 19.5.